The number of hydrogen-bond donors (Lipinski definition) is 1. The number of hydrogen-bond acceptors (Lipinski definition) is 6. The number of nitriles is 1. The van der Waals surface area contributed by atoms with Crippen molar-refractivity contribution in [2.75, 3.05) is 6.54 Å². The molecule has 1 amide bonds. The molecule has 1 saturated carbocycles. The predicted molar refractivity (Wildman–Crippen MR) is 130 cm³/mol. The Hall–Kier alpha value is -2.47. The summed E-state index contributed by atoms with van der Waals surface area (Å²) < 4.78 is 25.1. The highest BCUT2D eigenvalue weighted by molar-refractivity contribution is 6.30. The molecular formula is C27H31ClN2O5. The summed E-state index contributed by atoms with van der Waals surface area (Å²) in [5.74, 6) is -1.03. The molecule has 35 heavy (non-hydrogen) atoms. The zero-order chi connectivity index (χ0) is 25.1. The SMILES string of the molecule is CCNC(=O)[C@@]1(OCc2ccccc2C#N)C[C@H](OCc2cccc(Cl)c2)[C@@H]2OC(C)(C)O[C@@H]2C1. The molecule has 2 aliphatic rings. The van der Waals surface area contributed by atoms with Crippen LogP contribution in [0.5, 0.6) is 0 Å². The van der Waals surface area contributed by atoms with Gasteiger partial charge in [-0.1, -0.05) is 41.9 Å². The first kappa shape index (κ1) is 25.6. The van der Waals surface area contributed by atoms with Crippen molar-refractivity contribution in [1.29, 1.82) is 5.26 Å². The largest absolute Gasteiger partial charge is 0.371 e. The first-order valence-electron chi connectivity index (χ1n) is 11.9. The molecule has 7 nitrogen and oxygen atoms in total. The van der Waals surface area contributed by atoms with E-state index in [1.807, 2.05) is 57.2 Å². The number of fused-ring (bicyclic) bond motifs is 1. The van der Waals surface area contributed by atoms with Crippen molar-refractivity contribution >= 4 is 17.5 Å². The van der Waals surface area contributed by atoms with E-state index in [1.165, 1.54) is 0 Å². The zero-order valence-electron chi connectivity index (χ0n) is 20.3. The molecular weight excluding hydrogens is 468 g/mol. The van der Waals surface area contributed by atoms with Crippen molar-refractivity contribution in [1.82, 2.24) is 5.32 Å². The minimum Gasteiger partial charge on any atom is -0.371 e. The van der Waals surface area contributed by atoms with Gasteiger partial charge in [0.2, 0.25) is 0 Å². The fourth-order valence-electron chi connectivity index (χ4n) is 4.83. The van der Waals surface area contributed by atoms with Crippen molar-refractivity contribution in [3.8, 4) is 6.07 Å². The number of halogens is 1. The molecule has 4 atom stereocenters. The number of ether oxygens (including phenoxy) is 4. The van der Waals surface area contributed by atoms with Gasteiger partial charge >= 0.3 is 0 Å². The van der Waals surface area contributed by atoms with E-state index in [9.17, 15) is 10.1 Å². The molecule has 1 heterocycles. The smallest absolute Gasteiger partial charge is 0.252 e. The molecule has 2 aromatic rings. The van der Waals surface area contributed by atoms with E-state index in [2.05, 4.69) is 11.4 Å². The molecule has 1 N–H and O–H groups in total. The Labute approximate surface area is 211 Å². The zero-order valence-corrected chi connectivity index (χ0v) is 21.0. The van der Waals surface area contributed by atoms with Gasteiger partial charge in [-0.15, -0.1) is 0 Å². The average Bonchev–Trinajstić information content (AvgIpc) is 3.15. The normalized spacial score (nSPS) is 27.1. The highest BCUT2D eigenvalue weighted by Crippen LogP contribution is 2.44. The lowest BCUT2D eigenvalue weighted by Crippen LogP contribution is -2.60. The van der Waals surface area contributed by atoms with Crippen molar-refractivity contribution in [3.63, 3.8) is 0 Å². The van der Waals surface area contributed by atoms with E-state index in [-0.39, 0.29) is 25.0 Å². The lowest BCUT2D eigenvalue weighted by Gasteiger charge is -2.43. The maximum absolute atomic E-state index is 13.4. The van der Waals surface area contributed by atoms with Gasteiger partial charge < -0.3 is 24.3 Å². The third kappa shape index (κ3) is 5.85. The van der Waals surface area contributed by atoms with Crippen LogP contribution in [-0.2, 0) is 37.0 Å². The Morgan fingerprint density at radius 2 is 1.97 bits per heavy atom. The Morgan fingerprint density at radius 1 is 1.17 bits per heavy atom. The van der Waals surface area contributed by atoms with Gasteiger partial charge in [-0.05, 0) is 50.1 Å². The number of nitrogens with one attached hydrogen (secondary N) is 1. The second-order valence-corrected chi connectivity index (χ2v) is 9.87. The summed E-state index contributed by atoms with van der Waals surface area (Å²) >= 11 is 6.14. The van der Waals surface area contributed by atoms with Crippen LogP contribution in [0.15, 0.2) is 48.5 Å². The van der Waals surface area contributed by atoms with Crippen LogP contribution in [0.1, 0.15) is 50.3 Å². The molecule has 0 bridgehead atoms. The molecule has 1 aliphatic carbocycles. The third-order valence-corrected chi connectivity index (χ3v) is 6.63. The van der Waals surface area contributed by atoms with Gasteiger partial charge in [0.25, 0.3) is 5.91 Å². The van der Waals surface area contributed by atoms with E-state index in [0.29, 0.717) is 30.2 Å². The maximum atomic E-state index is 13.4. The van der Waals surface area contributed by atoms with Gasteiger partial charge in [-0.3, -0.25) is 4.79 Å². The first-order chi connectivity index (χ1) is 16.7. The average molecular weight is 499 g/mol. The number of carbonyl (C=O) groups excluding carboxylic acids is 1. The lowest BCUT2D eigenvalue weighted by atomic mass is 9.78. The summed E-state index contributed by atoms with van der Waals surface area (Å²) in [6.45, 7) is 6.47. The van der Waals surface area contributed by atoms with E-state index >= 15 is 0 Å². The summed E-state index contributed by atoms with van der Waals surface area (Å²) in [4.78, 5) is 13.4. The van der Waals surface area contributed by atoms with Gasteiger partial charge in [-0.25, -0.2) is 0 Å². The van der Waals surface area contributed by atoms with Gasteiger partial charge in [0.05, 0.1) is 37.1 Å². The van der Waals surface area contributed by atoms with Crippen molar-refractivity contribution in [3.05, 3.63) is 70.2 Å². The number of benzene rings is 2. The van der Waals surface area contributed by atoms with Gasteiger partial charge in [0, 0.05) is 24.4 Å². The number of rotatable bonds is 8. The number of carbonyl (C=O) groups is 1. The first-order valence-corrected chi connectivity index (χ1v) is 12.2. The van der Waals surface area contributed by atoms with Crippen LogP contribution < -0.4 is 5.32 Å². The Balaban J connectivity index is 1.61. The number of nitrogens with zero attached hydrogens (tertiary/aromatic N) is 1. The molecule has 8 heteroatoms. The van der Waals surface area contributed by atoms with Crippen LogP contribution in [0, 0.1) is 11.3 Å². The van der Waals surface area contributed by atoms with Crippen molar-refractivity contribution in [2.45, 2.75) is 76.5 Å². The standard InChI is InChI=1S/C27H31ClN2O5/c1-4-30-25(31)27(33-17-20-10-6-5-9-19(20)15-29)13-22(24-23(14-27)34-26(2,3)35-24)32-16-18-8-7-11-21(28)12-18/h5-12,22-24H,4,13-14,16-17H2,1-3H3,(H,30,31)/t22-,23+,24-,27+/m0/s1. The van der Waals surface area contributed by atoms with Crippen LogP contribution in [0.2, 0.25) is 5.02 Å². The van der Waals surface area contributed by atoms with E-state index in [0.717, 1.165) is 11.1 Å². The third-order valence-electron chi connectivity index (χ3n) is 6.40. The Morgan fingerprint density at radius 3 is 2.71 bits per heavy atom. The monoisotopic (exact) mass is 498 g/mol. The van der Waals surface area contributed by atoms with Crippen LogP contribution in [-0.4, -0.2) is 42.2 Å². The van der Waals surface area contributed by atoms with E-state index in [4.69, 9.17) is 30.5 Å². The lowest BCUT2D eigenvalue weighted by molar-refractivity contribution is -0.183. The molecule has 2 fully saturated rings. The molecule has 0 radical (unpaired) electrons. The highest BCUT2D eigenvalue weighted by Gasteiger charge is 2.58. The molecule has 0 spiro atoms. The van der Waals surface area contributed by atoms with Crippen LogP contribution in [0.3, 0.4) is 0 Å². The maximum Gasteiger partial charge on any atom is 0.252 e. The second kappa shape index (κ2) is 10.7. The summed E-state index contributed by atoms with van der Waals surface area (Å²) in [5, 5.41) is 13.0. The van der Waals surface area contributed by atoms with Gasteiger partial charge in [-0.2, -0.15) is 5.26 Å². The number of likely N-dealkylation sites (N-methyl/N-ethyl adjacent to an activating group) is 1. The predicted octanol–water partition coefficient (Wildman–Crippen LogP) is 4.50. The van der Waals surface area contributed by atoms with Gasteiger partial charge in [0.1, 0.15) is 6.10 Å². The Bertz CT molecular complexity index is 1100. The van der Waals surface area contributed by atoms with Crippen LogP contribution in [0.4, 0.5) is 0 Å². The molecule has 0 unspecified atom stereocenters. The van der Waals surface area contributed by atoms with E-state index in [1.54, 1.807) is 12.1 Å². The topological polar surface area (TPSA) is 89.8 Å². The fraction of sp³-hybridized carbons (Fsp3) is 0.481. The Kier molecular flexibility index (Phi) is 7.80. The quantitative estimate of drug-likeness (QED) is 0.576. The molecule has 186 valence electrons. The summed E-state index contributed by atoms with van der Waals surface area (Å²) in [7, 11) is 0. The fourth-order valence-corrected chi connectivity index (χ4v) is 5.04. The minimum absolute atomic E-state index is 0.115. The number of amides is 1. The molecule has 1 aliphatic heterocycles. The van der Waals surface area contributed by atoms with E-state index < -0.39 is 23.6 Å². The van der Waals surface area contributed by atoms with Crippen molar-refractivity contribution in [2.24, 2.45) is 0 Å². The summed E-state index contributed by atoms with van der Waals surface area (Å²) in [5.41, 5.74) is 0.955. The highest BCUT2D eigenvalue weighted by atomic mass is 35.5. The molecule has 0 aromatic heterocycles. The van der Waals surface area contributed by atoms with Crippen LogP contribution >= 0.6 is 11.6 Å². The summed E-state index contributed by atoms with van der Waals surface area (Å²) in [6, 6.07) is 16.9. The molecule has 1 saturated heterocycles. The summed E-state index contributed by atoms with van der Waals surface area (Å²) in [6.07, 6.45) is -0.588. The van der Waals surface area contributed by atoms with Gasteiger partial charge in [0.15, 0.2) is 11.4 Å². The molecule has 2 aromatic carbocycles. The molecule has 4 rings (SSSR count). The second-order valence-electron chi connectivity index (χ2n) is 9.44. The van der Waals surface area contributed by atoms with Crippen LogP contribution in [0.25, 0.3) is 0 Å². The minimum atomic E-state index is -1.21. The van der Waals surface area contributed by atoms with Crippen molar-refractivity contribution < 1.29 is 23.7 Å².